The number of ketones is 1. The van der Waals surface area contributed by atoms with E-state index in [0.29, 0.717) is 12.2 Å². The third-order valence-electron chi connectivity index (χ3n) is 5.55. The van der Waals surface area contributed by atoms with Gasteiger partial charge >= 0.3 is 0 Å². The third kappa shape index (κ3) is 4.71. The van der Waals surface area contributed by atoms with Crippen LogP contribution in [0.15, 0.2) is 78.9 Å². The van der Waals surface area contributed by atoms with Crippen LogP contribution in [0.25, 0.3) is 20.5 Å². The lowest BCUT2D eigenvalue weighted by atomic mass is 9.98. The smallest absolute Gasteiger partial charge is 0.195 e. The van der Waals surface area contributed by atoms with E-state index in [1.54, 1.807) is 11.3 Å². The molecular weight excluding hydrogens is 402 g/mol. The fraction of sp³-hybridized carbons (Fsp3) is 0.222. The maximum absolute atomic E-state index is 13.4. The zero-order valence-corrected chi connectivity index (χ0v) is 18.8. The molecule has 0 unspecified atom stereocenters. The van der Waals surface area contributed by atoms with E-state index >= 15 is 0 Å². The fourth-order valence-electron chi connectivity index (χ4n) is 3.74. The molecule has 4 aromatic rings. The van der Waals surface area contributed by atoms with Crippen LogP contribution >= 0.6 is 11.3 Å². The highest BCUT2D eigenvalue weighted by Gasteiger charge is 2.21. The number of ether oxygens (including phenoxy) is 1. The van der Waals surface area contributed by atoms with Gasteiger partial charge in [0.1, 0.15) is 12.4 Å². The van der Waals surface area contributed by atoms with Gasteiger partial charge in [-0.3, -0.25) is 4.79 Å². The molecule has 0 radical (unpaired) electrons. The molecule has 3 aromatic carbocycles. The predicted octanol–water partition coefficient (Wildman–Crippen LogP) is 6.52. The summed E-state index contributed by atoms with van der Waals surface area (Å²) in [5.41, 5.74) is 2.53. The molecule has 158 valence electrons. The van der Waals surface area contributed by atoms with Gasteiger partial charge in [0, 0.05) is 32.6 Å². The number of carbonyl (C=O) groups excluding carboxylic acids is 1. The van der Waals surface area contributed by atoms with Gasteiger partial charge in [-0.25, -0.2) is 0 Å². The molecule has 0 N–H and O–H groups in total. The maximum Gasteiger partial charge on any atom is 0.195 e. The minimum Gasteiger partial charge on any atom is -0.492 e. The Balaban J connectivity index is 1.63. The first kappa shape index (κ1) is 21.3. The number of likely N-dealkylation sites (N-methyl/N-ethyl adjacent to an activating group) is 1. The standard InChI is InChI=1S/C27H27NO2S/c1-3-28(4-2)18-19-30-22-16-14-21(15-17-22)27-25(23-12-8-9-13-24(23)31-27)26(29)20-10-6-5-7-11-20/h5-17H,3-4,18-19H2,1-2H3. The van der Waals surface area contributed by atoms with E-state index in [2.05, 4.69) is 36.9 Å². The first-order chi connectivity index (χ1) is 15.2. The molecule has 1 aromatic heterocycles. The summed E-state index contributed by atoms with van der Waals surface area (Å²) in [6.45, 7) is 7.98. The van der Waals surface area contributed by atoms with Crippen molar-refractivity contribution in [1.82, 2.24) is 4.90 Å². The minimum atomic E-state index is 0.0626. The van der Waals surface area contributed by atoms with Crippen LogP contribution in [-0.4, -0.2) is 36.9 Å². The number of thiophene rings is 1. The molecule has 0 aliphatic carbocycles. The van der Waals surface area contributed by atoms with Crippen molar-refractivity contribution in [2.45, 2.75) is 13.8 Å². The van der Waals surface area contributed by atoms with Crippen molar-refractivity contribution < 1.29 is 9.53 Å². The van der Waals surface area contributed by atoms with Gasteiger partial charge in [-0.1, -0.05) is 62.4 Å². The van der Waals surface area contributed by atoms with Crippen molar-refractivity contribution in [3.8, 4) is 16.2 Å². The Morgan fingerprint density at radius 3 is 2.26 bits per heavy atom. The van der Waals surface area contributed by atoms with Crippen molar-refractivity contribution in [2.24, 2.45) is 0 Å². The van der Waals surface area contributed by atoms with Gasteiger partial charge < -0.3 is 9.64 Å². The number of benzene rings is 3. The molecule has 0 amide bonds. The second-order valence-corrected chi connectivity index (χ2v) is 8.45. The number of nitrogens with zero attached hydrogens (tertiary/aromatic N) is 1. The van der Waals surface area contributed by atoms with E-state index in [4.69, 9.17) is 4.74 Å². The second-order valence-electron chi connectivity index (χ2n) is 7.40. The normalized spacial score (nSPS) is 11.2. The monoisotopic (exact) mass is 429 g/mol. The lowest BCUT2D eigenvalue weighted by molar-refractivity contribution is 0.104. The van der Waals surface area contributed by atoms with E-state index in [0.717, 1.165) is 51.5 Å². The van der Waals surface area contributed by atoms with E-state index in [-0.39, 0.29) is 5.78 Å². The fourth-order valence-corrected chi connectivity index (χ4v) is 4.95. The summed E-state index contributed by atoms with van der Waals surface area (Å²) in [5, 5.41) is 1.01. The van der Waals surface area contributed by atoms with Gasteiger partial charge in [-0.05, 0) is 49.0 Å². The molecule has 0 spiro atoms. The van der Waals surface area contributed by atoms with Gasteiger partial charge in [0.05, 0.1) is 0 Å². The summed E-state index contributed by atoms with van der Waals surface area (Å²) >= 11 is 1.67. The van der Waals surface area contributed by atoms with Crippen molar-refractivity contribution in [2.75, 3.05) is 26.2 Å². The Morgan fingerprint density at radius 1 is 0.871 bits per heavy atom. The summed E-state index contributed by atoms with van der Waals surface area (Å²) in [5.74, 6) is 0.917. The molecule has 0 bridgehead atoms. The highest BCUT2D eigenvalue weighted by molar-refractivity contribution is 7.22. The number of hydrogen-bond donors (Lipinski definition) is 0. The van der Waals surface area contributed by atoms with Crippen molar-refractivity contribution in [1.29, 1.82) is 0 Å². The lowest BCUT2D eigenvalue weighted by Gasteiger charge is -2.18. The average molecular weight is 430 g/mol. The van der Waals surface area contributed by atoms with Gasteiger partial charge in [0.2, 0.25) is 0 Å². The number of carbonyl (C=O) groups is 1. The summed E-state index contributed by atoms with van der Waals surface area (Å²) in [4.78, 5) is 16.8. The number of rotatable bonds is 9. The second kappa shape index (κ2) is 9.90. The Bertz CT molecular complexity index is 1150. The average Bonchev–Trinajstić information content (AvgIpc) is 3.22. The van der Waals surface area contributed by atoms with Gasteiger partial charge in [-0.2, -0.15) is 0 Å². The highest BCUT2D eigenvalue weighted by atomic mass is 32.1. The molecule has 4 rings (SSSR count). The Kier molecular flexibility index (Phi) is 6.80. The Hall–Kier alpha value is -2.95. The van der Waals surface area contributed by atoms with Crippen LogP contribution in [0, 0.1) is 0 Å². The molecule has 4 heteroatoms. The number of hydrogen-bond acceptors (Lipinski definition) is 4. The summed E-state index contributed by atoms with van der Waals surface area (Å²) in [6.07, 6.45) is 0. The van der Waals surface area contributed by atoms with Gasteiger partial charge in [0.25, 0.3) is 0 Å². The van der Waals surface area contributed by atoms with E-state index in [9.17, 15) is 4.79 Å². The topological polar surface area (TPSA) is 29.5 Å². The number of fused-ring (bicyclic) bond motifs is 1. The van der Waals surface area contributed by atoms with Crippen LogP contribution < -0.4 is 4.74 Å². The summed E-state index contributed by atoms with van der Waals surface area (Å²) in [6, 6.07) is 25.7. The maximum atomic E-state index is 13.4. The first-order valence-corrected chi connectivity index (χ1v) is 11.6. The summed E-state index contributed by atoms with van der Waals surface area (Å²) < 4.78 is 7.05. The summed E-state index contributed by atoms with van der Waals surface area (Å²) in [7, 11) is 0. The van der Waals surface area contributed by atoms with Crippen LogP contribution in [0.3, 0.4) is 0 Å². The van der Waals surface area contributed by atoms with Crippen LogP contribution in [0.5, 0.6) is 5.75 Å². The molecule has 0 aliphatic rings. The van der Waals surface area contributed by atoms with Crippen LogP contribution in [0.2, 0.25) is 0 Å². The van der Waals surface area contributed by atoms with E-state index in [1.165, 1.54) is 0 Å². The molecule has 0 aliphatic heterocycles. The van der Waals surface area contributed by atoms with Crippen molar-refractivity contribution in [3.63, 3.8) is 0 Å². The lowest BCUT2D eigenvalue weighted by Crippen LogP contribution is -2.27. The van der Waals surface area contributed by atoms with Crippen molar-refractivity contribution >= 4 is 27.2 Å². The minimum absolute atomic E-state index is 0.0626. The van der Waals surface area contributed by atoms with Crippen LogP contribution in [0.1, 0.15) is 29.8 Å². The first-order valence-electron chi connectivity index (χ1n) is 10.8. The molecule has 0 saturated heterocycles. The zero-order chi connectivity index (χ0) is 21.6. The molecule has 3 nitrogen and oxygen atoms in total. The van der Waals surface area contributed by atoms with Crippen molar-refractivity contribution in [3.05, 3.63) is 90.0 Å². The highest BCUT2D eigenvalue weighted by Crippen LogP contribution is 2.40. The Morgan fingerprint density at radius 2 is 1.55 bits per heavy atom. The predicted molar refractivity (Wildman–Crippen MR) is 130 cm³/mol. The zero-order valence-electron chi connectivity index (χ0n) is 18.0. The molecule has 0 saturated carbocycles. The van der Waals surface area contributed by atoms with Gasteiger partial charge in [0.15, 0.2) is 5.78 Å². The Labute approximate surface area is 187 Å². The van der Waals surface area contributed by atoms with E-state index < -0.39 is 0 Å². The molecular formula is C27H27NO2S. The van der Waals surface area contributed by atoms with Crippen LogP contribution in [0.4, 0.5) is 0 Å². The molecule has 1 heterocycles. The molecule has 0 atom stereocenters. The van der Waals surface area contributed by atoms with E-state index in [1.807, 2.05) is 60.7 Å². The third-order valence-corrected chi connectivity index (χ3v) is 6.77. The largest absolute Gasteiger partial charge is 0.492 e. The van der Waals surface area contributed by atoms with Gasteiger partial charge in [-0.15, -0.1) is 11.3 Å². The quantitative estimate of drug-likeness (QED) is 0.284. The molecule has 31 heavy (non-hydrogen) atoms. The molecule has 0 fully saturated rings. The SMILES string of the molecule is CCN(CC)CCOc1ccc(-c2sc3ccccc3c2C(=O)c2ccccc2)cc1. The van der Waals surface area contributed by atoms with Crippen LogP contribution in [-0.2, 0) is 0 Å².